The fraction of sp³-hybridized carbons (Fsp3) is 0.548. The molecule has 0 aromatic heterocycles. The van der Waals surface area contributed by atoms with Crippen molar-refractivity contribution in [3.63, 3.8) is 0 Å². The normalized spacial score (nSPS) is 18.6. The van der Waals surface area contributed by atoms with Crippen molar-refractivity contribution in [2.24, 2.45) is 9.98 Å². The average molecular weight is 587 g/mol. The van der Waals surface area contributed by atoms with Gasteiger partial charge in [-0.05, 0) is 158 Å². The molecule has 6 heteroatoms. The molecule has 1 heterocycles. The van der Waals surface area contributed by atoms with Gasteiger partial charge in [-0.15, -0.1) is 0 Å². The maximum absolute atomic E-state index is 6.62. The van der Waals surface area contributed by atoms with Crippen LogP contribution in [0.25, 0.3) is 0 Å². The number of ether oxygens (including phenoxy) is 1. The summed E-state index contributed by atoms with van der Waals surface area (Å²) in [6, 6.07) is 0. The second-order valence-electron chi connectivity index (χ2n) is 10.5. The third-order valence-electron chi connectivity index (χ3n) is 8.69. The van der Waals surface area contributed by atoms with Crippen molar-refractivity contribution in [1.82, 2.24) is 0 Å². The van der Waals surface area contributed by atoms with Gasteiger partial charge in [0.15, 0.2) is 0 Å². The van der Waals surface area contributed by atoms with Crippen LogP contribution >= 0.6 is 20.2 Å². The predicted octanol–water partition coefficient (Wildman–Crippen LogP) is 9.97. The van der Waals surface area contributed by atoms with Crippen LogP contribution in [-0.4, -0.2) is 23.6 Å². The van der Waals surface area contributed by atoms with Gasteiger partial charge in [0.2, 0.25) is 0 Å². The summed E-state index contributed by atoms with van der Waals surface area (Å²) in [5.41, 5.74) is 17.6. The Morgan fingerprint density at radius 1 is 0.568 bits per heavy atom. The second-order valence-corrected chi connectivity index (χ2v) is 12.4. The summed E-state index contributed by atoms with van der Waals surface area (Å²) >= 11 is 0.194. The van der Waals surface area contributed by atoms with Gasteiger partial charge in [-0.25, -0.2) is 0 Å². The Morgan fingerprint density at radius 2 is 0.811 bits per heavy atom. The Balaban J connectivity index is 0.00000153. The van der Waals surface area contributed by atoms with Crippen molar-refractivity contribution < 1.29 is 17.9 Å². The zero-order valence-corrected chi connectivity index (χ0v) is 27.3. The Kier molecular flexibility index (Phi) is 11.9. The van der Waals surface area contributed by atoms with E-state index in [4.69, 9.17) is 34.9 Å². The van der Waals surface area contributed by atoms with Gasteiger partial charge in [0, 0.05) is 11.4 Å². The summed E-state index contributed by atoms with van der Waals surface area (Å²) < 4.78 is 6.62. The van der Waals surface area contributed by atoms with Gasteiger partial charge in [0.05, 0.1) is 23.6 Å². The topological polar surface area (TPSA) is 34.0 Å². The standard InChI is InChI=1S/C31H44N2O.2ClH.Fe/c1-16-18(3)22(7)30(23(8)19(16)4)32-26(11)28-14-13-15-29(34-28)27(12)33-31-24(9)20(5)17(2)21(6)25(31)10;;;/h28-29H,13-15H2,1-12H3;2*1H;/q;;;+2/p-2/t28-,29?;;;/m0.../s1. The Morgan fingerprint density at radius 3 is 1.08 bits per heavy atom. The molecular weight excluding hydrogens is 543 g/mol. The van der Waals surface area contributed by atoms with E-state index < -0.39 is 0 Å². The minimum atomic E-state index is 0.0355. The van der Waals surface area contributed by atoms with E-state index in [9.17, 15) is 0 Å². The number of rotatable bonds is 4. The van der Waals surface area contributed by atoms with Crippen LogP contribution in [0.2, 0.25) is 0 Å². The van der Waals surface area contributed by atoms with Crippen molar-refractivity contribution in [2.75, 3.05) is 0 Å². The summed E-state index contributed by atoms with van der Waals surface area (Å²) in [7, 11) is 9.53. The number of aliphatic imine (C=N–C) groups is 2. The molecule has 3 rings (SSSR count). The van der Waals surface area contributed by atoms with Crippen molar-refractivity contribution in [2.45, 2.75) is 115 Å². The first-order chi connectivity index (χ1) is 17.3. The Labute approximate surface area is 240 Å². The first-order valence-electron chi connectivity index (χ1n) is 13.0. The van der Waals surface area contributed by atoms with Gasteiger partial charge in [0.25, 0.3) is 0 Å². The molecule has 0 bridgehead atoms. The molecule has 206 valence electrons. The quantitative estimate of drug-likeness (QED) is 0.259. The third-order valence-corrected chi connectivity index (χ3v) is 8.69. The molecule has 1 saturated heterocycles. The van der Waals surface area contributed by atoms with Crippen molar-refractivity contribution in [3.8, 4) is 0 Å². The SMILES string of the molecule is CC(=Nc1c(C)c(C)c(C)c(C)c1C)C1CCC[C@@H](C(C)=Nc2c(C)c(C)c(C)c(C)c2C)O1.[Cl][Fe][Cl]. The van der Waals surface area contributed by atoms with Crippen LogP contribution in [-0.2, 0) is 17.9 Å². The fourth-order valence-electron chi connectivity index (χ4n) is 5.23. The van der Waals surface area contributed by atoms with Crippen LogP contribution in [0.4, 0.5) is 11.4 Å². The van der Waals surface area contributed by atoms with E-state index in [0.29, 0.717) is 0 Å². The zero-order chi connectivity index (χ0) is 28.2. The molecule has 0 spiro atoms. The molecule has 1 fully saturated rings. The molecule has 0 N–H and O–H groups in total. The van der Waals surface area contributed by atoms with Crippen molar-refractivity contribution >= 4 is 43.0 Å². The molecule has 1 unspecified atom stereocenters. The molecule has 0 radical (unpaired) electrons. The molecule has 2 aromatic carbocycles. The number of halogens is 2. The zero-order valence-electron chi connectivity index (χ0n) is 24.7. The van der Waals surface area contributed by atoms with Gasteiger partial charge in [-0.3, -0.25) is 9.98 Å². The Bertz CT molecular complexity index is 1070. The number of benzene rings is 2. The van der Waals surface area contributed by atoms with Crippen LogP contribution in [0, 0.1) is 69.2 Å². The number of hydrogen-bond acceptors (Lipinski definition) is 3. The Hall–Kier alpha value is -1.16. The fourth-order valence-corrected chi connectivity index (χ4v) is 5.23. The summed E-state index contributed by atoms with van der Waals surface area (Å²) in [6.07, 6.45) is 3.23. The molecule has 37 heavy (non-hydrogen) atoms. The van der Waals surface area contributed by atoms with E-state index in [0.717, 1.165) is 42.1 Å². The van der Waals surface area contributed by atoms with E-state index in [1.54, 1.807) is 0 Å². The maximum atomic E-state index is 6.62. The van der Waals surface area contributed by atoms with Gasteiger partial charge < -0.3 is 4.74 Å². The number of nitrogens with zero attached hydrogens (tertiary/aromatic N) is 2. The molecule has 1 aliphatic heterocycles. The van der Waals surface area contributed by atoms with Crippen molar-refractivity contribution in [3.05, 3.63) is 55.6 Å². The van der Waals surface area contributed by atoms with E-state index in [1.807, 2.05) is 0 Å². The first-order valence-corrected chi connectivity index (χ1v) is 16.1. The summed E-state index contributed by atoms with van der Waals surface area (Å²) in [5, 5.41) is 0. The van der Waals surface area contributed by atoms with Crippen molar-refractivity contribution in [1.29, 1.82) is 0 Å². The van der Waals surface area contributed by atoms with E-state index in [2.05, 4.69) is 83.1 Å². The molecule has 2 aromatic rings. The number of hydrogen-bond donors (Lipinski definition) is 0. The van der Waals surface area contributed by atoms with E-state index >= 15 is 0 Å². The van der Waals surface area contributed by atoms with Crippen LogP contribution in [0.5, 0.6) is 0 Å². The molecule has 3 nitrogen and oxygen atoms in total. The average Bonchev–Trinajstić information content (AvgIpc) is 2.89. The molecule has 0 amide bonds. The second kappa shape index (κ2) is 13.8. The summed E-state index contributed by atoms with van der Waals surface area (Å²) in [6.45, 7) is 26.3. The van der Waals surface area contributed by atoms with Gasteiger partial charge >= 0.3 is 33.3 Å². The molecule has 2 atom stereocenters. The molecule has 0 saturated carbocycles. The van der Waals surface area contributed by atoms with Crippen LogP contribution in [0.1, 0.15) is 88.7 Å². The van der Waals surface area contributed by atoms with Gasteiger partial charge in [-0.2, -0.15) is 0 Å². The molecule has 0 aliphatic carbocycles. The van der Waals surface area contributed by atoms with Crippen LogP contribution in [0.15, 0.2) is 9.98 Å². The molecular formula is C31H44Cl2FeN2O. The van der Waals surface area contributed by atoms with E-state index in [1.165, 1.54) is 55.6 Å². The summed E-state index contributed by atoms with van der Waals surface area (Å²) in [4.78, 5) is 10.3. The van der Waals surface area contributed by atoms with Gasteiger partial charge in [-0.1, -0.05) is 0 Å². The minimum absolute atomic E-state index is 0.0355. The van der Waals surface area contributed by atoms with E-state index in [-0.39, 0.29) is 25.3 Å². The monoisotopic (exact) mass is 586 g/mol. The van der Waals surface area contributed by atoms with Crippen LogP contribution < -0.4 is 0 Å². The summed E-state index contributed by atoms with van der Waals surface area (Å²) in [5.74, 6) is 0. The first kappa shape index (κ1) is 32.1. The molecule has 1 aliphatic rings. The van der Waals surface area contributed by atoms with Crippen LogP contribution in [0.3, 0.4) is 0 Å². The predicted molar refractivity (Wildman–Crippen MR) is 160 cm³/mol. The van der Waals surface area contributed by atoms with Gasteiger partial charge in [0.1, 0.15) is 0 Å². The third kappa shape index (κ3) is 7.08.